The van der Waals surface area contributed by atoms with Crippen LogP contribution >= 0.6 is 0 Å². The molecule has 0 aromatic heterocycles. The van der Waals surface area contributed by atoms with Crippen molar-refractivity contribution >= 4 is 0 Å². The van der Waals surface area contributed by atoms with Crippen molar-refractivity contribution < 1.29 is 0 Å². The van der Waals surface area contributed by atoms with Gasteiger partial charge in [0.25, 0.3) is 0 Å². The fourth-order valence-electron chi connectivity index (χ4n) is 3.56. The highest BCUT2D eigenvalue weighted by atomic mass is 15.1. The molecule has 0 spiro atoms. The van der Waals surface area contributed by atoms with Crippen LogP contribution in [0.3, 0.4) is 0 Å². The van der Waals surface area contributed by atoms with Gasteiger partial charge in [0, 0.05) is 0 Å². The molecule has 2 heteroatoms. The zero-order valence-electron chi connectivity index (χ0n) is 11.4. The van der Waals surface area contributed by atoms with E-state index in [2.05, 4.69) is 36.1 Å². The molecular weight excluding hydrogens is 220 g/mol. The van der Waals surface area contributed by atoms with Gasteiger partial charge < -0.3 is 10.6 Å². The molecule has 1 atom stereocenters. The van der Waals surface area contributed by atoms with Crippen LogP contribution in [0.15, 0.2) is 24.3 Å². The van der Waals surface area contributed by atoms with Crippen molar-refractivity contribution in [3.05, 3.63) is 35.4 Å². The van der Waals surface area contributed by atoms with Crippen molar-refractivity contribution in [2.45, 2.75) is 37.5 Å². The summed E-state index contributed by atoms with van der Waals surface area (Å²) >= 11 is 0. The third-order valence-corrected chi connectivity index (χ3v) is 5.17. The van der Waals surface area contributed by atoms with E-state index in [4.69, 9.17) is 5.73 Å². The van der Waals surface area contributed by atoms with Gasteiger partial charge in [0.2, 0.25) is 0 Å². The first-order chi connectivity index (χ1) is 8.73. The highest BCUT2D eigenvalue weighted by Crippen LogP contribution is 2.42. The summed E-state index contributed by atoms with van der Waals surface area (Å²) in [5.74, 6) is 0.477. The van der Waals surface area contributed by atoms with E-state index in [0.29, 0.717) is 11.3 Å². The number of nitrogens with two attached hydrogens (primary N) is 1. The summed E-state index contributed by atoms with van der Waals surface area (Å²) in [6.45, 7) is 6.81. The molecule has 4 rings (SSSR count). The van der Waals surface area contributed by atoms with Crippen LogP contribution < -0.4 is 5.73 Å². The van der Waals surface area contributed by atoms with Gasteiger partial charge in [-0.05, 0) is 67.9 Å². The highest BCUT2D eigenvalue weighted by molar-refractivity contribution is 5.32. The molecule has 1 aromatic carbocycles. The van der Waals surface area contributed by atoms with Gasteiger partial charge in [-0.15, -0.1) is 0 Å². The second-order valence-electron chi connectivity index (χ2n) is 6.13. The van der Waals surface area contributed by atoms with Gasteiger partial charge >= 0.3 is 0 Å². The number of hydrogen-bond acceptors (Lipinski definition) is 2. The quantitative estimate of drug-likeness (QED) is 0.885. The number of rotatable bonds is 3. The maximum absolute atomic E-state index is 5.74. The summed E-state index contributed by atoms with van der Waals surface area (Å²) in [6.07, 6.45) is 4.04. The second kappa shape index (κ2) is 4.67. The fourth-order valence-corrected chi connectivity index (χ4v) is 3.56. The molecule has 0 saturated carbocycles. The van der Waals surface area contributed by atoms with Crippen molar-refractivity contribution in [2.24, 2.45) is 5.73 Å². The van der Waals surface area contributed by atoms with E-state index in [1.165, 1.54) is 44.5 Å². The lowest BCUT2D eigenvalue weighted by molar-refractivity contribution is 0.0818. The molecular formula is C16H24N2. The van der Waals surface area contributed by atoms with Crippen LogP contribution in [0.25, 0.3) is 0 Å². The lowest BCUT2D eigenvalue weighted by atomic mass is 9.67. The van der Waals surface area contributed by atoms with E-state index in [-0.39, 0.29) is 0 Å². The van der Waals surface area contributed by atoms with Crippen LogP contribution in [0, 0.1) is 0 Å². The van der Waals surface area contributed by atoms with E-state index in [9.17, 15) is 0 Å². The van der Waals surface area contributed by atoms with Gasteiger partial charge in [-0.1, -0.05) is 31.2 Å². The van der Waals surface area contributed by atoms with E-state index in [1.807, 2.05) is 0 Å². The Labute approximate surface area is 110 Å². The van der Waals surface area contributed by atoms with E-state index >= 15 is 0 Å². The van der Waals surface area contributed by atoms with Crippen LogP contribution in [0.4, 0.5) is 0 Å². The van der Waals surface area contributed by atoms with Crippen molar-refractivity contribution in [1.82, 2.24) is 4.90 Å². The van der Waals surface area contributed by atoms with Gasteiger partial charge in [0.1, 0.15) is 0 Å². The first kappa shape index (κ1) is 12.2. The van der Waals surface area contributed by atoms with Crippen molar-refractivity contribution in [3.63, 3.8) is 0 Å². The van der Waals surface area contributed by atoms with Crippen LogP contribution in [0.5, 0.6) is 0 Å². The van der Waals surface area contributed by atoms with Crippen LogP contribution in [0.1, 0.15) is 43.2 Å². The third kappa shape index (κ3) is 1.98. The lowest BCUT2D eigenvalue weighted by Gasteiger charge is -2.49. The Morgan fingerprint density at radius 3 is 2.17 bits per heavy atom. The molecule has 0 amide bonds. The molecule has 98 valence electrons. The molecule has 0 aliphatic carbocycles. The van der Waals surface area contributed by atoms with Crippen molar-refractivity contribution in [1.29, 1.82) is 0 Å². The number of piperidine rings is 3. The highest BCUT2D eigenvalue weighted by Gasteiger charge is 2.40. The zero-order chi connectivity index (χ0) is 12.6. The smallest absolute Gasteiger partial charge is 0.00102 e. The molecule has 2 nitrogen and oxygen atoms in total. The molecule has 18 heavy (non-hydrogen) atoms. The summed E-state index contributed by atoms with van der Waals surface area (Å²) in [5, 5.41) is 0. The second-order valence-corrected chi connectivity index (χ2v) is 6.13. The Hall–Kier alpha value is -0.860. The fraction of sp³-hybridized carbons (Fsp3) is 0.625. The lowest BCUT2D eigenvalue weighted by Crippen LogP contribution is -2.50. The summed E-state index contributed by atoms with van der Waals surface area (Å²) < 4.78 is 0. The van der Waals surface area contributed by atoms with Crippen LogP contribution in [0.2, 0.25) is 0 Å². The number of nitrogens with zero attached hydrogens (tertiary/aromatic N) is 1. The van der Waals surface area contributed by atoms with Gasteiger partial charge in [-0.3, -0.25) is 0 Å². The van der Waals surface area contributed by atoms with Gasteiger partial charge in [0.05, 0.1) is 0 Å². The summed E-state index contributed by atoms with van der Waals surface area (Å²) in [4.78, 5) is 2.60. The van der Waals surface area contributed by atoms with Crippen LogP contribution in [-0.2, 0) is 5.41 Å². The minimum Gasteiger partial charge on any atom is -0.330 e. The number of hydrogen-bond donors (Lipinski definition) is 1. The average molecular weight is 244 g/mol. The maximum Gasteiger partial charge on any atom is -0.00102 e. The van der Waals surface area contributed by atoms with Crippen molar-refractivity contribution in [2.75, 3.05) is 26.2 Å². The Balaban J connectivity index is 1.84. The normalized spacial score (nSPS) is 32.4. The van der Waals surface area contributed by atoms with Crippen molar-refractivity contribution in [3.8, 4) is 0 Å². The molecule has 1 unspecified atom stereocenters. The van der Waals surface area contributed by atoms with Gasteiger partial charge in [-0.25, -0.2) is 0 Å². The first-order valence-electron chi connectivity index (χ1n) is 7.26. The molecule has 3 fully saturated rings. The molecule has 3 aliphatic rings. The summed E-state index contributed by atoms with van der Waals surface area (Å²) in [5.41, 5.74) is 9.17. The molecule has 3 saturated heterocycles. The number of benzene rings is 1. The van der Waals surface area contributed by atoms with Crippen LogP contribution in [-0.4, -0.2) is 31.1 Å². The minimum absolute atomic E-state index is 0.477. The average Bonchev–Trinajstić information content (AvgIpc) is 2.48. The monoisotopic (exact) mass is 244 g/mol. The molecule has 3 aliphatic heterocycles. The van der Waals surface area contributed by atoms with E-state index in [0.717, 1.165) is 6.54 Å². The topological polar surface area (TPSA) is 29.3 Å². The Bertz CT molecular complexity index is 388. The Morgan fingerprint density at radius 1 is 1.11 bits per heavy atom. The minimum atomic E-state index is 0.477. The largest absolute Gasteiger partial charge is 0.330 e. The number of fused-ring (bicyclic) bond motifs is 3. The van der Waals surface area contributed by atoms with E-state index in [1.54, 1.807) is 5.56 Å². The van der Waals surface area contributed by atoms with Gasteiger partial charge in [-0.2, -0.15) is 0 Å². The maximum atomic E-state index is 5.74. The molecule has 0 radical (unpaired) electrons. The molecule has 1 aromatic rings. The van der Waals surface area contributed by atoms with E-state index < -0.39 is 0 Å². The summed E-state index contributed by atoms with van der Waals surface area (Å²) in [6, 6.07) is 9.32. The standard InChI is InChI=1S/C16H24N2/c1-13(12-17)14-2-4-15(5-3-14)16-6-9-18(10-7-16)11-8-16/h2-5,13H,6-12,17H2,1H3. The predicted octanol–water partition coefficient (Wildman–Crippen LogP) is 2.49. The summed E-state index contributed by atoms with van der Waals surface area (Å²) in [7, 11) is 0. The zero-order valence-corrected chi connectivity index (χ0v) is 11.4. The van der Waals surface area contributed by atoms with Gasteiger partial charge in [0.15, 0.2) is 0 Å². The Morgan fingerprint density at radius 2 is 1.67 bits per heavy atom. The molecule has 2 bridgehead atoms. The first-order valence-corrected chi connectivity index (χ1v) is 7.26. The SMILES string of the molecule is CC(CN)c1ccc(C23CCN(CC2)CC3)cc1. The predicted molar refractivity (Wildman–Crippen MR) is 75.9 cm³/mol. The molecule has 2 N–H and O–H groups in total. The molecule has 3 heterocycles. The third-order valence-electron chi connectivity index (χ3n) is 5.17. The Kier molecular flexibility index (Phi) is 3.16.